The first-order valence-electron chi connectivity index (χ1n) is 4.67. The first-order valence-corrected chi connectivity index (χ1v) is 4.67. The monoisotopic (exact) mass is 169 g/mol. The highest BCUT2D eigenvalue weighted by Gasteiger charge is 2.05. The summed E-state index contributed by atoms with van der Waals surface area (Å²) < 4.78 is 0. The number of likely N-dealkylation sites (N-methyl/N-ethyl adjacent to an activating group) is 1. The van der Waals surface area contributed by atoms with Gasteiger partial charge < -0.3 is 4.90 Å². The molecule has 0 aliphatic heterocycles. The van der Waals surface area contributed by atoms with E-state index in [9.17, 15) is 4.79 Å². The van der Waals surface area contributed by atoms with Crippen LogP contribution in [0.1, 0.15) is 33.6 Å². The SMILES string of the molecule is C/C=C/C(=O)N(CC)CCCC. The Balaban J connectivity index is 3.87. The number of hydrogen-bond donors (Lipinski definition) is 0. The zero-order valence-corrected chi connectivity index (χ0v) is 8.34. The van der Waals surface area contributed by atoms with Crippen LogP contribution >= 0.6 is 0 Å². The molecule has 0 aromatic heterocycles. The number of carbonyl (C=O) groups is 1. The molecule has 0 aromatic rings. The highest BCUT2D eigenvalue weighted by molar-refractivity contribution is 5.87. The first-order chi connectivity index (χ1) is 5.76. The molecule has 2 nitrogen and oxygen atoms in total. The lowest BCUT2D eigenvalue weighted by Crippen LogP contribution is -2.30. The van der Waals surface area contributed by atoms with Crippen LogP contribution in [0.4, 0.5) is 0 Å². The summed E-state index contributed by atoms with van der Waals surface area (Å²) in [5, 5.41) is 0. The number of unbranched alkanes of at least 4 members (excludes halogenated alkanes) is 1. The number of allylic oxidation sites excluding steroid dienone is 1. The first kappa shape index (κ1) is 11.2. The van der Waals surface area contributed by atoms with E-state index in [4.69, 9.17) is 0 Å². The predicted octanol–water partition coefficient (Wildman–Crippen LogP) is 2.21. The highest BCUT2D eigenvalue weighted by Crippen LogP contribution is 1.96. The smallest absolute Gasteiger partial charge is 0.246 e. The van der Waals surface area contributed by atoms with Gasteiger partial charge in [0.1, 0.15) is 0 Å². The lowest BCUT2D eigenvalue weighted by Gasteiger charge is -2.18. The van der Waals surface area contributed by atoms with Gasteiger partial charge in [-0.1, -0.05) is 19.4 Å². The zero-order chi connectivity index (χ0) is 9.40. The summed E-state index contributed by atoms with van der Waals surface area (Å²) >= 11 is 0. The molecule has 0 unspecified atom stereocenters. The molecule has 0 bridgehead atoms. The molecule has 0 rings (SSSR count). The summed E-state index contributed by atoms with van der Waals surface area (Å²) in [7, 11) is 0. The van der Waals surface area contributed by atoms with Gasteiger partial charge in [-0.3, -0.25) is 4.79 Å². The maximum atomic E-state index is 11.3. The second kappa shape index (κ2) is 6.89. The van der Waals surface area contributed by atoms with Gasteiger partial charge in [0.05, 0.1) is 0 Å². The topological polar surface area (TPSA) is 20.3 Å². The minimum absolute atomic E-state index is 0.133. The molecule has 0 spiro atoms. The highest BCUT2D eigenvalue weighted by atomic mass is 16.2. The van der Waals surface area contributed by atoms with Gasteiger partial charge in [0.2, 0.25) is 5.91 Å². The molecule has 2 heteroatoms. The van der Waals surface area contributed by atoms with Crippen LogP contribution in [0.3, 0.4) is 0 Å². The third-order valence-electron chi connectivity index (χ3n) is 1.78. The van der Waals surface area contributed by atoms with E-state index in [-0.39, 0.29) is 5.91 Å². The molecule has 70 valence electrons. The van der Waals surface area contributed by atoms with Crippen LogP contribution in [-0.4, -0.2) is 23.9 Å². The van der Waals surface area contributed by atoms with Crippen LogP contribution in [0.5, 0.6) is 0 Å². The number of carbonyl (C=O) groups excluding carboxylic acids is 1. The quantitative estimate of drug-likeness (QED) is 0.578. The molecule has 0 radical (unpaired) electrons. The van der Waals surface area contributed by atoms with Crippen LogP contribution in [0.15, 0.2) is 12.2 Å². The maximum Gasteiger partial charge on any atom is 0.246 e. The minimum atomic E-state index is 0.133. The predicted molar refractivity (Wildman–Crippen MR) is 52.0 cm³/mol. The van der Waals surface area contributed by atoms with Crippen molar-refractivity contribution in [1.82, 2.24) is 4.90 Å². The van der Waals surface area contributed by atoms with Gasteiger partial charge in [-0.25, -0.2) is 0 Å². The summed E-state index contributed by atoms with van der Waals surface area (Å²) in [6.45, 7) is 7.70. The van der Waals surface area contributed by atoms with Crippen molar-refractivity contribution in [3.63, 3.8) is 0 Å². The third kappa shape index (κ3) is 4.16. The molecular weight excluding hydrogens is 150 g/mol. The summed E-state index contributed by atoms with van der Waals surface area (Å²) in [5.74, 6) is 0.133. The van der Waals surface area contributed by atoms with E-state index in [0.29, 0.717) is 0 Å². The summed E-state index contributed by atoms with van der Waals surface area (Å²) in [4.78, 5) is 13.2. The Bertz CT molecular complexity index is 152. The summed E-state index contributed by atoms with van der Waals surface area (Å²) in [5.41, 5.74) is 0. The van der Waals surface area contributed by atoms with Gasteiger partial charge >= 0.3 is 0 Å². The largest absolute Gasteiger partial charge is 0.339 e. The lowest BCUT2D eigenvalue weighted by molar-refractivity contribution is -0.125. The molecule has 0 fully saturated rings. The fourth-order valence-corrected chi connectivity index (χ4v) is 1.02. The van der Waals surface area contributed by atoms with Crippen LogP contribution in [-0.2, 0) is 4.79 Å². The van der Waals surface area contributed by atoms with Gasteiger partial charge in [0, 0.05) is 13.1 Å². The average Bonchev–Trinajstić information content (AvgIpc) is 2.06. The van der Waals surface area contributed by atoms with Crippen molar-refractivity contribution in [2.75, 3.05) is 13.1 Å². The summed E-state index contributed by atoms with van der Waals surface area (Å²) in [6, 6.07) is 0. The van der Waals surface area contributed by atoms with Crippen molar-refractivity contribution in [3.8, 4) is 0 Å². The molecule has 0 atom stereocenters. The Morgan fingerprint density at radius 1 is 1.42 bits per heavy atom. The van der Waals surface area contributed by atoms with Crippen molar-refractivity contribution in [2.45, 2.75) is 33.6 Å². The fraction of sp³-hybridized carbons (Fsp3) is 0.700. The molecule has 0 saturated carbocycles. The normalized spacial score (nSPS) is 10.6. The molecule has 0 aliphatic carbocycles. The zero-order valence-electron chi connectivity index (χ0n) is 8.34. The summed E-state index contributed by atoms with van der Waals surface area (Å²) in [6.07, 6.45) is 5.65. The number of rotatable bonds is 5. The van der Waals surface area contributed by atoms with Gasteiger partial charge in [-0.2, -0.15) is 0 Å². The maximum absolute atomic E-state index is 11.3. The van der Waals surface area contributed by atoms with E-state index < -0.39 is 0 Å². The van der Waals surface area contributed by atoms with Crippen LogP contribution in [0, 0.1) is 0 Å². The van der Waals surface area contributed by atoms with Gasteiger partial charge in [-0.05, 0) is 26.3 Å². The average molecular weight is 169 g/mol. The number of nitrogens with zero attached hydrogens (tertiary/aromatic N) is 1. The standard InChI is InChI=1S/C10H19NO/c1-4-7-9-11(6-3)10(12)8-5-2/h5,8H,4,6-7,9H2,1-3H3/b8-5+. The van der Waals surface area contributed by atoms with E-state index in [2.05, 4.69) is 6.92 Å². The fourth-order valence-electron chi connectivity index (χ4n) is 1.02. The minimum Gasteiger partial charge on any atom is -0.339 e. The van der Waals surface area contributed by atoms with Crippen molar-refractivity contribution in [1.29, 1.82) is 0 Å². The van der Waals surface area contributed by atoms with Crippen molar-refractivity contribution >= 4 is 5.91 Å². The van der Waals surface area contributed by atoms with Gasteiger partial charge in [0.25, 0.3) is 0 Å². The Kier molecular flexibility index (Phi) is 6.44. The molecule has 1 amide bonds. The van der Waals surface area contributed by atoms with E-state index in [1.54, 1.807) is 12.2 Å². The van der Waals surface area contributed by atoms with E-state index >= 15 is 0 Å². The van der Waals surface area contributed by atoms with E-state index in [1.165, 1.54) is 0 Å². The Morgan fingerprint density at radius 3 is 2.50 bits per heavy atom. The Morgan fingerprint density at radius 2 is 2.08 bits per heavy atom. The van der Waals surface area contributed by atoms with Crippen molar-refractivity contribution in [2.24, 2.45) is 0 Å². The Labute approximate surface area is 75.3 Å². The van der Waals surface area contributed by atoms with Crippen LogP contribution < -0.4 is 0 Å². The van der Waals surface area contributed by atoms with Crippen LogP contribution in [0.2, 0.25) is 0 Å². The van der Waals surface area contributed by atoms with Crippen LogP contribution in [0.25, 0.3) is 0 Å². The molecule has 0 aliphatic rings. The second-order valence-corrected chi connectivity index (χ2v) is 2.77. The van der Waals surface area contributed by atoms with Gasteiger partial charge in [0.15, 0.2) is 0 Å². The molecule has 0 saturated heterocycles. The lowest BCUT2D eigenvalue weighted by atomic mass is 10.3. The molecule has 0 heterocycles. The molecule has 12 heavy (non-hydrogen) atoms. The molecule has 0 N–H and O–H groups in total. The van der Waals surface area contributed by atoms with Crippen molar-refractivity contribution < 1.29 is 4.79 Å². The van der Waals surface area contributed by atoms with Gasteiger partial charge in [-0.15, -0.1) is 0 Å². The Hall–Kier alpha value is -0.790. The van der Waals surface area contributed by atoms with E-state index in [0.717, 1.165) is 25.9 Å². The molecular formula is C10H19NO. The van der Waals surface area contributed by atoms with E-state index in [1.807, 2.05) is 18.7 Å². The second-order valence-electron chi connectivity index (χ2n) is 2.77. The molecule has 0 aromatic carbocycles. The third-order valence-corrected chi connectivity index (χ3v) is 1.78. The number of amides is 1. The van der Waals surface area contributed by atoms with Crippen molar-refractivity contribution in [3.05, 3.63) is 12.2 Å². The number of hydrogen-bond acceptors (Lipinski definition) is 1.